The van der Waals surface area contributed by atoms with Gasteiger partial charge in [-0.2, -0.15) is 0 Å². The van der Waals surface area contributed by atoms with Crippen molar-refractivity contribution in [1.82, 2.24) is 5.32 Å². The first-order valence-electron chi connectivity index (χ1n) is 6.57. The van der Waals surface area contributed by atoms with E-state index in [1.54, 1.807) is 24.3 Å². The fourth-order valence-electron chi connectivity index (χ4n) is 1.65. The van der Waals surface area contributed by atoms with Gasteiger partial charge < -0.3 is 25.2 Å². The van der Waals surface area contributed by atoms with Crippen molar-refractivity contribution in [1.29, 1.82) is 0 Å². The van der Waals surface area contributed by atoms with Crippen molar-refractivity contribution in [3.05, 3.63) is 24.3 Å². The summed E-state index contributed by atoms with van der Waals surface area (Å²) in [7, 11) is 1.40. The Bertz CT molecular complexity index is 478. The summed E-state index contributed by atoms with van der Waals surface area (Å²) in [5.74, 6) is -0.315. The number of carboxylic acids is 1. The molecule has 116 valence electrons. The standard InChI is InChI=1S/C14H20N2O5/c1-3-21-11-6-4-5-10(7-11)16-14(19)15-9-12(20-2)8-13(17)18/h4-7,12H,3,8-9H2,1-2H3,(H,17,18)(H2,15,16,19). The molecule has 0 saturated carbocycles. The zero-order valence-electron chi connectivity index (χ0n) is 12.1. The maximum atomic E-state index is 11.7. The van der Waals surface area contributed by atoms with Crippen molar-refractivity contribution in [2.24, 2.45) is 0 Å². The highest BCUT2D eigenvalue weighted by Crippen LogP contribution is 2.17. The predicted octanol–water partition coefficient (Wildman–Crippen LogP) is 1.70. The molecule has 0 bridgehead atoms. The molecule has 0 aromatic heterocycles. The molecule has 7 heteroatoms. The second-order valence-electron chi connectivity index (χ2n) is 4.25. The molecule has 1 unspecified atom stereocenters. The molecule has 3 N–H and O–H groups in total. The number of hydrogen-bond acceptors (Lipinski definition) is 4. The molecule has 0 aliphatic carbocycles. The zero-order chi connectivity index (χ0) is 15.7. The van der Waals surface area contributed by atoms with Gasteiger partial charge in [0, 0.05) is 25.4 Å². The van der Waals surface area contributed by atoms with E-state index in [2.05, 4.69) is 10.6 Å². The number of carbonyl (C=O) groups is 2. The number of hydrogen-bond donors (Lipinski definition) is 3. The van der Waals surface area contributed by atoms with Crippen LogP contribution in [0.3, 0.4) is 0 Å². The lowest BCUT2D eigenvalue weighted by atomic mass is 10.2. The van der Waals surface area contributed by atoms with E-state index in [9.17, 15) is 9.59 Å². The van der Waals surface area contributed by atoms with E-state index >= 15 is 0 Å². The van der Waals surface area contributed by atoms with Gasteiger partial charge >= 0.3 is 12.0 Å². The average Bonchev–Trinajstić information content (AvgIpc) is 2.44. The van der Waals surface area contributed by atoms with Crippen molar-refractivity contribution in [3.63, 3.8) is 0 Å². The molecule has 0 fully saturated rings. The molecule has 1 atom stereocenters. The SMILES string of the molecule is CCOc1cccc(NC(=O)NCC(CC(=O)O)OC)c1. The van der Waals surface area contributed by atoms with Gasteiger partial charge in [-0.05, 0) is 19.1 Å². The van der Waals surface area contributed by atoms with Gasteiger partial charge in [-0.15, -0.1) is 0 Å². The topological polar surface area (TPSA) is 96.9 Å². The van der Waals surface area contributed by atoms with Crippen LogP contribution < -0.4 is 15.4 Å². The Morgan fingerprint density at radius 1 is 1.38 bits per heavy atom. The van der Waals surface area contributed by atoms with Crippen LogP contribution in [0.5, 0.6) is 5.75 Å². The van der Waals surface area contributed by atoms with E-state index in [1.807, 2.05) is 6.92 Å². The van der Waals surface area contributed by atoms with Crippen molar-refractivity contribution in [2.45, 2.75) is 19.4 Å². The minimum absolute atomic E-state index is 0.111. The van der Waals surface area contributed by atoms with Crippen molar-refractivity contribution in [2.75, 3.05) is 25.6 Å². The van der Waals surface area contributed by atoms with Crippen molar-refractivity contribution >= 4 is 17.7 Å². The summed E-state index contributed by atoms with van der Waals surface area (Å²) >= 11 is 0. The quantitative estimate of drug-likeness (QED) is 0.678. The summed E-state index contributed by atoms with van der Waals surface area (Å²) in [5, 5.41) is 13.9. The lowest BCUT2D eigenvalue weighted by molar-refractivity contribution is -0.139. The number of rotatable bonds is 8. The third-order valence-corrected chi connectivity index (χ3v) is 2.63. The molecule has 1 rings (SSSR count). The third kappa shape index (κ3) is 6.62. The molecular weight excluding hydrogens is 276 g/mol. The Hall–Kier alpha value is -2.28. The van der Waals surface area contributed by atoms with E-state index in [-0.39, 0.29) is 13.0 Å². The number of anilines is 1. The van der Waals surface area contributed by atoms with Gasteiger partial charge in [0.15, 0.2) is 0 Å². The van der Waals surface area contributed by atoms with E-state index in [1.165, 1.54) is 7.11 Å². The first-order chi connectivity index (χ1) is 10.0. The molecule has 0 aliphatic heterocycles. The number of ether oxygens (including phenoxy) is 2. The summed E-state index contributed by atoms with van der Waals surface area (Å²) in [5.41, 5.74) is 0.589. The highest BCUT2D eigenvalue weighted by atomic mass is 16.5. The Morgan fingerprint density at radius 3 is 2.76 bits per heavy atom. The third-order valence-electron chi connectivity index (χ3n) is 2.63. The number of carboxylic acid groups (broad SMARTS) is 1. The summed E-state index contributed by atoms with van der Waals surface area (Å²) < 4.78 is 10.3. The fraction of sp³-hybridized carbons (Fsp3) is 0.429. The Balaban J connectivity index is 2.46. The summed E-state index contributed by atoms with van der Waals surface area (Å²) in [6.07, 6.45) is -0.737. The van der Waals surface area contributed by atoms with Crippen LogP contribution in [0.4, 0.5) is 10.5 Å². The van der Waals surface area contributed by atoms with Crippen LogP contribution in [0.2, 0.25) is 0 Å². The molecule has 7 nitrogen and oxygen atoms in total. The smallest absolute Gasteiger partial charge is 0.319 e. The van der Waals surface area contributed by atoms with Crippen LogP contribution in [-0.4, -0.2) is 43.5 Å². The molecular formula is C14H20N2O5. The minimum atomic E-state index is -0.978. The summed E-state index contributed by atoms with van der Waals surface area (Å²) in [6, 6.07) is 6.56. The Labute approximate surface area is 123 Å². The second kappa shape index (κ2) is 8.80. The van der Waals surface area contributed by atoms with Crippen LogP contribution in [0, 0.1) is 0 Å². The molecule has 0 spiro atoms. The molecule has 1 aromatic rings. The first-order valence-corrected chi connectivity index (χ1v) is 6.57. The van der Waals surface area contributed by atoms with Gasteiger partial charge in [0.2, 0.25) is 0 Å². The molecule has 2 amide bonds. The van der Waals surface area contributed by atoms with Crippen LogP contribution in [0.25, 0.3) is 0 Å². The number of carbonyl (C=O) groups excluding carboxylic acids is 1. The molecule has 0 heterocycles. The molecule has 1 aromatic carbocycles. The van der Waals surface area contributed by atoms with Gasteiger partial charge in [0.05, 0.1) is 19.1 Å². The number of benzene rings is 1. The van der Waals surface area contributed by atoms with E-state index < -0.39 is 18.1 Å². The molecule has 0 aliphatic rings. The van der Waals surface area contributed by atoms with E-state index in [0.29, 0.717) is 18.0 Å². The Morgan fingerprint density at radius 2 is 2.14 bits per heavy atom. The van der Waals surface area contributed by atoms with Crippen LogP contribution in [-0.2, 0) is 9.53 Å². The van der Waals surface area contributed by atoms with Crippen molar-refractivity contribution in [3.8, 4) is 5.75 Å². The fourth-order valence-corrected chi connectivity index (χ4v) is 1.65. The van der Waals surface area contributed by atoms with E-state index in [0.717, 1.165) is 0 Å². The number of urea groups is 1. The lowest BCUT2D eigenvalue weighted by Crippen LogP contribution is -2.37. The average molecular weight is 296 g/mol. The predicted molar refractivity (Wildman–Crippen MR) is 77.7 cm³/mol. The molecule has 0 radical (unpaired) electrons. The highest BCUT2D eigenvalue weighted by molar-refractivity contribution is 5.89. The number of amides is 2. The van der Waals surface area contributed by atoms with Crippen LogP contribution in [0.1, 0.15) is 13.3 Å². The largest absolute Gasteiger partial charge is 0.494 e. The van der Waals surface area contributed by atoms with Crippen molar-refractivity contribution < 1.29 is 24.2 Å². The first kappa shape index (κ1) is 16.8. The van der Waals surface area contributed by atoms with Gasteiger partial charge in [0.25, 0.3) is 0 Å². The maximum absolute atomic E-state index is 11.7. The maximum Gasteiger partial charge on any atom is 0.319 e. The minimum Gasteiger partial charge on any atom is -0.494 e. The number of aliphatic carboxylic acids is 1. The molecule has 0 saturated heterocycles. The summed E-state index contributed by atoms with van der Waals surface area (Å²) in [4.78, 5) is 22.3. The van der Waals surface area contributed by atoms with E-state index in [4.69, 9.17) is 14.6 Å². The van der Waals surface area contributed by atoms with Crippen LogP contribution in [0.15, 0.2) is 24.3 Å². The Kier molecular flexibility index (Phi) is 7.03. The zero-order valence-corrected chi connectivity index (χ0v) is 12.1. The second-order valence-corrected chi connectivity index (χ2v) is 4.25. The van der Waals surface area contributed by atoms with Gasteiger partial charge in [-0.1, -0.05) is 6.07 Å². The highest BCUT2D eigenvalue weighted by Gasteiger charge is 2.13. The van der Waals surface area contributed by atoms with Crippen LogP contribution >= 0.6 is 0 Å². The van der Waals surface area contributed by atoms with Gasteiger partial charge in [0.1, 0.15) is 5.75 Å². The number of nitrogens with one attached hydrogen (secondary N) is 2. The number of methoxy groups -OCH3 is 1. The normalized spacial score (nSPS) is 11.5. The van der Waals surface area contributed by atoms with Gasteiger partial charge in [-0.3, -0.25) is 4.79 Å². The van der Waals surface area contributed by atoms with Gasteiger partial charge in [-0.25, -0.2) is 4.79 Å². The summed E-state index contributed by atoms with van der Waals surface area (Å²) in [6.45, 7) is 2.53. The molecule has 21 heavy (non-hydrogen) atoms. The lowest BCUT2D eigenvalue weighted by Gasteiger charge is -2.14. The monoisotopic (exact) mass is 296 g/mol.